The highest BCUT2D eigenvalue weighted by Gasteiger charge is 2.33. The van der Waals surface area contributed by atoms with Crippen molar-refractivity contribution in [3.05, 3.63) is 71.8 Å². The molecule has 0 spiro atoms. The molecule has 0 saturated heterocycles. The Kier molecular flexibility index (Phi) is 3.27. The first-order valence-corrected chi connectivity index (χ1v) is 5.78. The lowest BCUT2D eigenvalue weighted by molar-refractivity contribution is 0.453. The lowest BCUT2D eigenvalue weighted by atomic mass is 9.74. The molecule has 0 unspecified atom stereocenters. The molecule has 2 aromatic rings. The van der Waals surface area contributed by atoms with Crippen LogP contribution in [0.1, 0.15) is 18.1 Å². The van der Waals surface area contributed by atoms with Crippen molar-refractivity contribution in [2.45, 2.75) is 18.5 Å². The molecule has 0 aliphatic carbocycles. The van der Waals surface area contributed by atoms with E-state index in [9.17, 15) is 0 Å². The van der Waals surface area contributed by atoms with Gasteiger partial charge in [0.25, 0.3) is 0 Å². The first-order valence-electron chi connectivity index (χ1n) is 5.78. The van der Waals surface area contributed by atoms with E-state index in [2.05, 4.69) is 31.2 Å². The van der Waals surface area contributed by atoms with Gasteiger partial charge >= 0.3 is 0 Å². The summed E-state index contributed by atoms with van der Waals surface area (Å²) in [5.41, 5.74) is 13.9. The molecule has 2 nitrogen and oxygen atoms in total. The summed E-state index contributed by atoms with van der Waals surface area (Å²) < 4.78 is 0. The summed E-state index contributed by atoms with van der Waals surface area (Å²) in [6.07, 6.45) is -0.438. The quantitative estimate of drug-likeness (QED) is 0.789. The molecule has 0 atom stereocenters. The summed E-state index contributed by atoms with van der Waals surface area (Å²) in [5, 5.41) is 0. The highest BCUT2D eigenvalue weighted by Crippen LogP contribution is 2.32. The van der Waals surface area contributed by atoms with Crippen molar-refractivity contribution in [3.8, 4) is 0 Å². The van der Waals surface area contributed by atoms with Gasteiger partial charge in [0.05, 0.1) is 6.17 Å². The van der Waals surface area contributed by atoms with E-state index in [4.69, 9.17) is 11.5 Å². The molecule has 0 aliphatic rings. The summed E-state index contributed by atoms with van der Waals surface area (Å²) in [7, 11) is 0. The number of hydrogen-bond acceptors (Lipinski definition) is 2. The van der Waals surface area contributed by atoms with Crippen LogP contribution in [0.2, 0.25) is 0 Å². The van der Waals surface area contributed by atoms with Crippen molar-refractivity contribution in [2.75, 3.05) is 0 Å². The minimum Gasteiger partial charge on any atom is -0.315 e. The molecular formula is C15H18N2. The number of nitrogens with two attached hydrogens (primary N) is 2. The Morgan fingerprint density at radius 2 is 1.12 bits per heavy atom. The summed E-state index contributed by atoms with van der Waals surface area (Å²) >= 11 is 0. The molecule has 0 bridgehead atoms. The van der Waals surface area contributed by atoms with Crippen molar-refractivity contribution in [1.82, 2.24) is 0 Å². The topological polar surface area (TPSA) is 52.0 Å². The van der Waals surface area contributed by atoms with Crippen LogP contribution < -0.4 is 11.5 Å². The van der Waals surface area contributed by atoms with E-state index < -0.39 is 6.17 Å². The highest BCUT2D eigenvalue weighted by molar-refractivity contribution is 5.39. The molecular weight excluding hydrogens is 208 g/mol. The van der Waals surface area contributed by atoms with Gasteiger partial charge in [-0.2, -0.15) is 0 Å². The van der Waals surface area contributed by atoms with Crippen LogP contribution >= 0.6 is 0 Å². The van der Waals surface area contributed by atoms with Crippen molar-refractivity contribution >= 4 is 0 Å². The molecule has 4 N–H and O–H groups in total. The maximum atomic E-state index is 6.01. The SMILES string of the molecule is CC(c1ccccc1)(c1ccccc1)C(N)N. The van der Waals surface area contributed by atoms with Crippen LogP contribution in [-0.2, 0) is 5.41 Å². The van der Waals surface area contributed by atoms with E-state index in [1.165, 1.54) is 0 Å². The average molecular weight is 226 g/mol. The fraction of sp³-hybridized carbons (Fsp3) is 0.200. The molecule has 0 amide bonds. The van der Waals surface area contributed by atoms with Gasteiger partial charge in [-0.05, 0) is 18.1 Å². The van der Waals surface area contributed by atoms with Gasteiger partial charge in [-0.3, -0.25) is 0 Å². The lowest BCUT2D eigenvalue weighted by Gasteiger charge is -2.34. The Labute approximate surface area is 102 Å². The summed E-state index contributed by atoms with van der Waals surface area (Å²) in [6.45, 7) is 2.09. The van der Waals surface area contributed by atoms with Crippen LogP contribution in [0.3, 0.4) is 0 Å². The van der Waals surface area contributed by atoms with E-state index in [1.807, 2.05) is 36.4 Å². The van der Waals surface area contributed by atoms with Crippen LogP contribution in [0.25, 0.3) is 0 Å². The van der Waals surface area contributed by atoms with Gasteiger partial charge in [-0.25, -0.2) is 0 Å². The molecule has 88 valence electrons. The van der Waals surface area contributed by atoms with E-state index in [-0.39, 0.29) is 5.41 Å². The standard InChI is InChI=1S/C15H18N2/c1-15(14(16)17,12-8-4-2-5-9-12)13-10-6-3-7-11-13/h2-11,14H,16-17H2,1H3. The van der Waals surface area contributed by atoms with Crippen LogP contribution in [0.15, 0.2) is 60.7 Å². The number of hydrogen-bond donors (Lipinski definition) is 2. The molecule has 0 heterocycles. The molecule has 0 radical (unpaired) electrons. The molecule has 0 saturated carbocycles. The predicted octanol–water partition coefficient (Wildman–Crippen LogP) is 2.24. The minimum atomic E-state index is -0.438. The molecule has 2 rings (SSSR count). The third-order valence-electron chi connectivity index (χ3n) is 3.41. The Balaban J connectivity index is 2.55. The van der Waals surface area contributed by atoms with E-state index in [0.717, 1.165) is 11.1 Å². The maximum absolute atomic E-state index is 6.01. The fourth-order valence-electron chi connectivity index (χ4n) is 2.12. The van der Waals surface area contributed by atoms with Crippen LogP contribution in [0, 0.1) is 0 Å². The molecule has 0 fully saturated rings. The molecule has 2 aromatic carbocycles. The summed E-state index contributed by atoms with van der Waals surface area (Å²) in [6, 6.07) is 20.3. The minimum absolute atomic E-state index is 0.359. The van der Waals surface area contributed by atoms with E-state index in [0.29, 0.717) is 0 Å². The van der Waals surface area contributed by atoms with Crippen LogP contribution in [-0.4, -0.2) is 6.17 Å². The third-order valence-corrected chi connectivity index (χ3v) is 3.41. The first kappa shape index (κ1) is 11.8. The van der Waals surface area contributed by atoms with E-state index >= 15 is 0 Å². The zero-order valence-corrected chi connectivity index (χ0v) is 10.0. The summed E-state index contributed by atoms with van der Waals surface area (Å²) in [5.74, 6) is 0. The van der Waals surface area contributed by atoms with Crippen LogP contribution in [0.5, 0.6) is 0 Å². The van der Waals surface area contributed by atoms with Gasteiger partial charge in [0.1, 0.15) is 0 Å². The second-order valence-corrected chi connectivity index (χ2v) is 4.46. The molecule has 17 heavy (non-hydrogen) atoms. The Morgan fingerprint density at radius 1 is 0.765 bits per heavy atom. The molecule has 0 aliphatic heterocycles. The lowest BCUT2D eigenvalue weighted by Crippen LogP contribution is -2.50. The van der Waals surface area contributed by atoms with Gasteiger partial charge in [0.15, 0.2) is 0 Å². The Hall–Kier alpha value is -1.64. The predicted molar refractivity (Wildman–Crippen MR) is 71.5 cm³/mol. The smallest absolute Gasteiger partial charge is 0.0659 e. The van der Waals surface area contributed by atoms with Gasteiger partial charge in [-0.15, -0.1) is 0 Å². The number of rotatable bonds is 3. The second-order valence-electron chi connectivity index (χ2n) is 4.46. The van der Waals surface area contributed by atoms with Crippen molar-refractivity contribution in [1.29, 1.82) is 0 Å². The average Bonchev–Trinajstić information content (AvgIpc) is 2.39. The Bertz CT molecular complexity index is 423. The Morgan fingerprint density at radius 3 is 1.41 bits per heavy atom. The number of benzene rings is 2. The summed E-state index contributed by atoms with van der Waals surface area (Å²) in [4.78, 5) is 0. The second kappa shape index (κ2) is 4.70. The van der Waals surface area contributed by atoms with Crippen LogP contribution in [0.4, 0.5) is 0 Å². The van der Waals surface area contributed by atoms with Crippen molar-refractivity contribution in [2.24, 2.45) is 11.5 Å². The monoisotopic (exact) mass is 226 g/mol. The molecule has 0 aromatic heterocycles. The fourth-order valence-corrected chi connectivity index (χ4v) is 2.12. The van der Waals surface area contributed by atoms with Gasteiger partial charge < -0.3 is 11.5 Å². The van der Waals surface area contributed by atoms with Crippen molar-refractivity contribution in [3.63, 3.8) is 0 Å². The zero-order valence-electron chi connectivity index (χ0n) is 10.0. The van der Waals surface area contributed by atoms with Crippen molar-refractivity contribution < 1.29 is 0 Å². The van der Waals surface area contributed by atoms with Gasteiger partial charge in [-0.1, -0.05) is 60.7 Å². The largest absolute Gasteiger partial charge is 0.315 e. The van der Waals surface area contributed by atoms with E-state index in [1.54, 1.807) is 0 Å². The first-order chi connectivity index (χ1) is 8.15. The van der Waals surface area contributed by atoms with Gasteiger partial charge in [0.2, 0.25) is 0 Å². The highest BCUT2D eigenvalue weighted by atomic mass is 14.9. The molecule has 2 heteroatoms. The zero-order chi connectivity index (χ0) is 12.3. The normalized spacial score (nSPS) is 11.8. The van der Waals surface area contributed by atoms with Gasteiger partial charge in [0, 0.05) is 5.41 Å². The third kappa shape index (κ3) is 2.09. The maximum Gasteiger partial charge on any atom is 0.0659 e.